The zero-order valence-electron chi connectivity index (χ0n) is 39.2. The van der Waals surface area contributed by atoms with E-state index in [1.165, 1.54) is 38.5 Å². The average Bonchev–Trinajstić information content (AvgIpc) is 3.27. The fourth-order valence-electron chi connectivity index (χ4n) is 5.79. The number of hydrogen-bond donors (Lipinski definition) is 3. The van der Waals surface area contributed by atoms with E-state index in [0.717, 1.165) is 96.3 Å². The molecule has 0 spiro atoms. The molecule has 9 nitrogen and oxygen atoms in total. The number of ether oxygens (including phenoxy) is 1. The molecule has 63 heavy (non-hydrogen) atoms. The fraction of sp³-hybridized carbons (Fsp3) is 0.585. The minimum atomic E-state index is -4.45. The van der Waals surface area contributed by atoms with Gasteiger partial charge in [-0.1, -0.05) is 174 Å². The lowest BCUT2D eigenvalue weighted by atomic mass is 10.1. The summed E-state index contributed by atoms with van der Waals surface area (Å²) in [6.07, 6.45) is 65.6. The summed E-state index contributed by atoms with van der Waals surface area (Å²) in [5.74, 6) is -0.600. The van der Waals surface area contributed by atoms with E-state index in [2.05, 4.69) is 135 Å². The van der Waals surface area contributed by atoms with E-state index in [4.69, 9.17) is 13.8 Å². The maximum absolute atomic E-state index is 12.1. The number of hydrogen-bond acceptors (Lipinski definition) is 7. The van der Waals surface area contributed by atoms with Gasteiger partial charge in [0.15, 0.2) is 0 Å². The van der Waals surface area contributed by atoms with Gasteiger partial charge in [-0.25, -0.2) is 4.57 Å². The van der Waals surface area contributed by atoms with Crippen molar-refractivity contribution in [3.63, 3.8) is 0 Å². The third-order valence-corrected chi connectivity index (χ3v) is 10.4. The Kier molecular flexibility index (Phi) is 45.2. The average molecular weight is 896 g/mol. The van der Waals surface area contributed by atoms with E-state index >= 15 is 0 Å². The van der Waals surface area contributed by atoms with E-state index in [1.54, 1.807) is 0 Å². The molecule has 0 rings (SSSR count). The van der Waals surface area contributed by atoms with Gasteiger partial charge in [0.25, 0.3) is 0 Å². The molecule has 0 heterocycles. The largest absolute Gasteiger partial charge is 0.472 e. The van der Waals surface area contributed by atoms with Gasteiger partial charge in [0.1, 0.15) is 12.7 Å². The number of unbranched alkanes of at least 4 members (excludes halogenated alkanes) is 10. The van der Waals surface area contributed by atoms with Crippen LogP contribution < -0.4 is 5.32 Å². The van der Waals surface area contributed by atoms with Gasteiger partial charge in [-0.05, 0) is 103 Å². The molecule has 10 heteroatoms. The summed E-state index contributed by atoms with van der Waals surface area (Å²) < 4.78 is 26.9. The zero-order valence-corrected chi connectivity index (χ0v) is 40.1. The molecule has 0 aliphatic rings. The molecular formula is C53H86NO8P. The van der Waals surface area contributed by atoms with Gasteiger partial charge in [0.05, 0.1) is 13.2 Å². The topological polar surface area (TPSA) is 131 Å². The molecule has 0 aliphatic heterocycles. The van der Waals surface area contributed by atoms with Crippen LogP contribution in [0, 0.1) is 0 Å². The van der Waals surface area contributed by atoms with Crippen LogP contribution in [0.2, 0.25) is 0 Å². The Morgan fingerprint density at radius 1 is 0.508 bits per heavy atom. The lowest BCUT2D eigenvalue weighted by Gasteiger charge is -2.15. The summed E-state index contributed by atoms with van der Waals surface area (Å²) in [4.78, 5) is 34.0. The van der Waals surface area contributed by atoms with Crippen LogP contribution in [-0.4, -0.2) is 54.3 Å². The predicted octanol–water partition coefficient (Wildman–Crippen LogP) is 14.1. The van der Waals surface area contributed by atoms with Gasteiger partial charge in [0.2, 0.25) is 5.91 Å². The van der Waals surface area contributed by atoms with E-state index in [0.29, 0.717) is 12.8 Å². The molecule has 0 aromatic heterocycles. The van der Waals surface area contributed by atoms with Crippen LogP contribution in [0.4, 0.5) is 0 Å². The summed E-state index contributed by atoms with van der Waals surface area (Å²) in [5, 5.41) is 12.7. The fourth-order valence-corrected chi connectivity index (χ4v) is 6.54. The molecule has 0 aliphatic carbocycles. The lowest BCUT2D eigenvalue weighted by molar-refractivity contribution is -0.147. The quantitative estimate of drug-likeness (QED) is 0.0239. The van der Waals surface area contributed by atoms with E-state index < -0.39 is 26.5 Å². The van der Waals surface area contributed by atoms with Crippen LogP contribution in [0.1, 0.15) is 168 Å². The van der Waals surface area contributed by atoms with Gasteiger partial charge in [-0.2, -0.15) is 0 Å². The van der Waals surface area contributed by atoms with Crippen molar-refractivity contribution >= 4 is 19.7 Å². The second-order valence-electron chi connectivity index (χ2n) is 15.3. The van der Waals surface area contributed by atoms with Gasteiger partial charge in [0, 0.05) is 19.4 Å². The number of carbonyl (C=O) groups is 2. The number of carbonyl (C=O) groups excluding carboxylic acids is 2. The summed E-state index contributed by atoms with van der Waals surface area (Å²) in [7, 11) is -4.45. The molecule has 2 atom stereocenters. The summed E-state index contributed by atoms with van der Waals surface area (Å²) in [6, 6.07) is 0. The first-order valence-electron chi connectivity index (χ1n) is 24.0. The molecule has 0 aromatic carbocycles. The zero-order chi connectivity index (χ0) is 46.0. The Hall–Kier alpha value is -3.59. The minimum Gasteiger partial charge on any atom is -0.463 e. The predicted molar refractivity (Wildman–Crippen MR) is 265 cm³/mol. The Bertz CT molecular complexity index is 1440. The number of nitrogens with one attached hydrogen (secondary N) is 1. The number of phosphoric acid groups is 1. The third-order valence-electron chi connectivity index (χ3n) is 9.38. The standard InChI is InChI=1S/C53H86NO8P/c1-3-5-7-9-11-13-15-17-19-21-23-24-25-26-28-30-32-34-36-38-40-42-44-46-53(57)60-49-51(55)50-62-63(58,59)61-48-47-54-52(56)45-43-41-39-37-35-33-31-29-27-22-20-18-16-14-12-10-8-6-4-2/h5,7,11-14,17-20,23-24,26-29,32,34,38,40,51,55H,3-4,6,8-10,15-16,21-22,25,30-31,33,35-37,39,41-50H2,1-2H3,(H,54,56)(H,58,59)/b7-5-,13-11-,14-12-,19-17-,20-18-,24-23-,28-26-,29-27-,34-32-,40-38-. The SMILES string of the molecule is CC/C=C\C/C=C\C/C=C\C/C=C\C/C=C\C/C=C\C/C=C\CCCC(=O)OCC(O)COP(=O)(O)OCCNC(=O)CCCCCCCC/C=C\C/C=C\C/C=C\CCCCC. The molecule has 3 N–H and O–H groups in total. The van der Waals surface area contributed by atoms with Crippen molar-refractivity contribution in [3.05, 3.63) is 122 Å². The Balaban J connectivity index is 3.74. The van der Waals surface area contributed by atoms with Crippen LogP contribution in [0.15, 0.2) is 122 Å². The highest BCUT2D eigenvalue weighted by Gasteiger charge is 2.23. The molecule has 0 bridgehead atoms. The first-order chi connectivity index (χ1) is 30.8. The molecule has 0 radical (unpaired) electrons. The maximum atomic E-state index is 12.1. The summed E-state index contributed by atoms with van der Waals surface area (Å²) >= 11 is 0. The van der Waals surface area contributed by atoms with Crippen molar-refractivity contribution in [2.45, 2.75) is 174 Å². The first kappa shape index (κ1) is 59.4. The smallest absolute Gasteiger partial charge is 0.463 e. The highest BCUT2D eigenvalue weighted by Crippen LogP contribution is 2.42. The number of phosphoric ester groups is 1. The molecule has 0 aromatic rings. The highest BCUT2D eigenvalue weighted by atomic mass is 31.2. The molecular weight excluding hydrogens is 810 g/mol. The second kappa shape index (κ2) is 47.9. The number of rotatable bonds is 43. The molecule has 2 unspecified atom stereocenters. The molecule has 0 saturated heterocycles. The monoisotopic (exact) mass is 896 g/mol. The Morgan fingerprint density at radius 2 is 0.921 bits per heavy atom. The molecule has 1 amide bonds. The lowest BCUT2D eigenvalue weighted by Crippen LogP contribution is -2.27. The van der Waals surface area contributed by atoms with Crippen LogP contribution in [0.25, 0.3) is 0 Å². The number of allylic oxidation sites excluding steroid dienone is 20. The normalized spacial score (nSPS) is 14.3. The summed E-state index contributed by atoms with van der Waals surface area (Å²) in [6.45, 7) is 3.31. The van der Waals surface area contributed by atoms with E-state index in [9.17, 15) is 24.2 Å². The van der Waals surface area contributed by atoms with Gasteiger partial charge in [-0.3, -0.25) is 18.6 Å². The first-order valence-corrected chi connectivity index (χ1v) is 25.5. The van der Waals surface area contributed by atoms with Crippen molar-refractivity contribution < 1.29 is 37.9 Å². The van der Waals surface area contributed by atoms with Gasteiger partial charge in [-0.15, -0.1) is 0 Å². The molecule has 356 valence electrons. The Labute approximate surface area is 383 Å². The number of aliphatic hydroxyl groups is 1. The van der Waals surface area contributed by atoms with Crippen molar-refractivity contribution in [2.24, 2.45) is 0 Å². The number of amides is 1. The van der Waals surface area contributed by atoms with E-state index in [-0.39, 0.29) is 32.1 Å². The van der Waals surface area contributed by atoms with Gasteiger partial charge >= 0.3 is 13.8 Å². The highest BCUT2D eigenvalue weighted by molar-refractivity contribution is 7.47. The van der Waals surface area contributed by atoms with Crippen LogP contribution in [0.3, 0.4) is 0 Å². The van der Waals surface area contributed by atoms with Gasteiger partial charge < -0.3 is 20.1 Å². The van der Waals surface area contributed by atoms with Crippen molar-refractivity contribution in [2.75, 3.05) is 26.4 Å². The van der Waals surface area contributed by atoms with Crippen LogP contribution >= 0.6 is 7.82 Å². The van der Waals surface area contributed by atoms with Crippen LogP contribution in [-0.2, 0) is 27.9 Å². The van der Waals surface area contributed by atoms with Crippen molar-refractivity contribution in [1.29, 1.82) is 0 Å². The molecule has 0 fully saturated rings. The van der Waals surface area contributed by atoms with Crippen molar-refractivity contribution in [3.8, 4) is 0 Å². The van der Waals surface area contributed by atoms with Crippen LogP contribution in [0.5, 0.6) is 0 Å². The minimum absolute atomic E-state index is 0.0596. The third kappa shape index (κ3) is 49.3. The molecule has 0 saturated carbocycles. The Morgan fingerprint density at radius 3 is 1.40 bits per heavy atom. The van der Waals surface area contributed by atoms with Crippen molar-refractivity contribution in [1.82, 2.24) is 5.32 Å². The second-order valence-corrected chi connectivity index (χ2v) is 16.8. The maximum Gasteiger partial charge on any atom is 0.472 e. The number of aliphatic hydroxyl groups excluding tert-OH is 1. The number of esters is 1. The van der Waals surface area contributed by atoms with E-state index in [1.807, 2.05) is 6.08 Å². The summed E-state index contributed by atoms with van der Waals surface area (Å²) in [5.41, 5.74) is 0.